The third-order valence-corrected chi connectivity index (χ3v) is 2.51. The van der Waals surface area contributed by atoms with Gasteiger partial charge < -0.3 is 14.4 Å². The van der Waals surface area contributed by atoms with Crippen LogP contribution in [0.25, 0.3) is 11.0 Å². The maximum atomic E-state index is 11.3. The highest BCUT2D eigenvalue weighted by molar-refractivity contribution is 5.88. The predicted molar refractivity (Wildman–Crippen MR) is 60.7 cm³/mol. The average Bonchev–Trinajstić information content (AvgIpc) is 2.68. The Kier molecular flexibility index (Phi) is 2.99. The van der Waals surface area contributed by atoms with E-state index in [-0.39, 0.29) is 18.1 Å². The molecule has 0 radical (unpaired) electrons. The van der Waals surface area contributed by atoms with Crippen molar-refractivity contribution in [1.82, 2.24) is 5.16 Å². The van der Waals surface area contributed by atoms with E-state index in [2.05, 4.69) is 5.16 Å². The van der Waals surface area contributed by atoms with Crippen molar-refractivity contribution >= 4 is 16.9 Å². The number of aromatic hydroxyl groups is 1. The first kappa shape index (κ1) is 11.4. The standard InChI is InChI=1S/C12H13NO4/c1-3-16-10(14)6-9-8-5-4-7(2)11(15)12(8)17-13-9/h4-5,15H,3,6H2,1-2H3. The van der Waals surface area contributed by atoms with Crippen LogP contribution in [0.4, 0.5) is 0 Å². The van der Waals surface area contributed by atoms with Gasteiger partial charge in [0.2, 0.25) is 5.58 Å². The number of rotatable bonds is 3. The number of phenols is 1. The SMILES string of the molecule is CCOC(=O)Cc1noc2c(O)c(C)ccc12. The Morgan fingerprint density at radius 2 is 2.29 bits per heavy atom. The average molecular weight is 235 g/mol. The molecule has 1 aromatic heterocycles. The fraction of sp³-hybridized carbons (Fsp3) is 0.333. The van der Waals surface area contributed by atoms with Crippen molar-refractivity contribution in [3.05, 3.63) is 23.4 Å². The predicted octanol–water partition coefficient (Wildman–Crippen LogP) is 1.95. The fourth-order valence-corrected chi connectivity index (χ4v) is 1.62. The lowest BCUT2D eigenvalue weighted by Crippen LogP contribution is -2.07. The zero-order valence-corrected chi connectivity index (χ0v) is 9.69. The number of carbonyl (C=O) groups is 1. The number of hydrogen-bond donors (Lipinski definition) is 1. The second-order valence-electron chi connectivity index (χ2n) is 3.72. The van der Waals surface area contributed by atoms with Crippen molar-refractivity contribution < 1.29 is 19.2 Å². The third-order valence-electron chi connectivity index (χ3n) is 2.51. The molecule has 0 atom stereocenters. The topological polar surface area (TPSA) is 72.6 Å². The molecule has 2 rings (SSSR count). The molecule has 1 aromatic carbocycles. The lowest BCUT2D eigenvalue weighted by molar-refractivity contribution is -0.142. The number of aryl methyl sites for hydroxylation is 1. The number of benzene rings is 1. The van der Waals surface area contributed by atoms with Crippen LogP contribution in [-0.4, -0.2) is 22.8 Å². The van der Waals surface area contributed by atoms with Crippen LogP contribution >= 0.6 is 0 Å². The summed E-state index contributed by atoms with van der Waals surface area (Å²) >= 11 is 0. The van der Waals surface area contributed by atoms with Gasteiger partial charge in [-0.2, -0.15) is 0 Å². The van der Waals surface area contributed by atoms with Crippen molar-refractivity contribution in [1.29, 1.82) is 0 Å². The molecule has 0 unspecified atom stereocenters. The summed E-state index contributed by atoms with van der Waals surface area (Å²) in [6.07, 6.45) is 0.0450. The highest BCUT2D eigenvalue weighted by Crippen LogP contribution is 2.30. The van der Waals surface area contributed by atoms with Crippen molar-refractivity contribution in [3.63, 3.8) is 0 Å². The number of esters is 1. The van der Waals surface area contributed by atoms with Crippen molar-refractivity contribution in [2.75, 3.05) is 6.61 Å². The van der Waals surface area contributed by atoms with Crippen LogP contribution < -0.4 is 0 Å². The molecule has 5 heteroatoms. The first-order valence-electron chi connectivity index (χ1n) is 5.36. The van der Waals surface area contributed by atoms with Crippen LogP contribution in [-0.2, 0) is 16.0 Å². The number of nitrogens with zero attached hydrogens (tertiary/aromatic N) is 1. The highest BCUT2D eigenvalue weighted by Gasteiger charge is 2.16. The van der Waals surface area contributed by atoms with Crippen LogP contribution in [0, 0.1) is 6.92 Å². The van der Waals surface area contributed by atoms with E-state index in [1.54, 1.807) is 26.0 Å². The molecule has 1 N–H and O–H groups in total. The quantitative estimate of drug-likeness (QED) is 0.823. The molecule has 0 fully saturated rings. The zero-order chi connectivity index (χ0) is 12.4. The van der Waals surface area contributed by atoms with Gasteiger partial charge in [0.25, 0.3) is 0 Å². The van der Waals surface area contributed by atoms with Gasteiger partial charge >= 0.3 is 5.97 Å². The third kappa shape index (κ3) is 2.08. The molecule has 2 aromatic rings. The second kappa shape index (κ2) is 4.45. The molecule has 90 valence electrons. The van der Waals surface area contributed by atoms with E-state index < -0.39 is 0 Å². The number of hydrogen-bond acceptors (Lipinski definition) is 5. The van der Waals surface area contributed by atoms with Crippen molar-refractivity contribution in [2.24, 2.45) is 0 Å². The Bertz CT molecular complexity index is 559. The summed E-state index contributed by atoms with van der Waals surface area (Å²) in [4.78, 5) is 11.3. The van der Waals surface area contributed by atoms with Gasteiger partial charge in [-0.3, -0.25) is 4.79 Å². The molecule has 0 saturated carbocycles. The molecular formula is C12H13NO4. The second-order valence-corrected chi connectivity index (χ2v) is 3.72. The van der Waals surface area contributed by atoms with Gasteiger partial charge in [0.1, 0.15) is 5.69 Å². The van der Waals surface area contributed by atoms with Crippen molar-refractivity contribution in [2.45, 2.75) is 20.3 Å². The maximum Gasteiger partial charge on any atom is 0.312 e. The minimum absolute atomic E-state index is 0.0450. The summed E-state index contributed by atoms with van der Waals surface area (Å²) in [5, 5.41) is 14.2. The normalized spacial score (nSPS) is 10.7. The van der Waals surface area contributed by atoms with Crippen molar-refractivity contribution in [3.8, 4) is 5.75 Å². The maximum absolute atomic E-state index is 11.3. The van der Waals surface area contributed by atoms with E-state index in [9.17, 15) is 9.90 Å². The summed E-state index contributed by atoms with van der Waals surface area (Å²) < 4.78 is 9.87. The Balaban J connectivity index is 2.37. The molecule has 0 spiro atoms. The number of aromatic nitrogens is 1. The van der Waals surface area contributed by atoms with Crippen LogP contribution in [0.5, 0.6) is 5.75 Å². The summed E-state index contributed by atoms with van der Waals surface area (Å²) in [6, 6.07) is 3.53. The Morgan fingerprint density at radius 3 is 3.00 bits per heavy atom. The number of fused-ring (bicyclic) bond motifs is 1. The van der Waals surface area contributed by atoms with Gasteiger partial charge in [-0.05, 0) is 25.5 Å². The van der Waals surface area contributed by atoms with Gasteiger partial charge in [-0.1, -0.05) is 11.2 Å². The largest absolute Gasteiger partial charge is 0.504 e. The first-order valence-corrected chi connectivity index (χ1v) is 5.36. The van der Waals surface area contributed by atoms with Crippen LogP contribution in [0.2, 0.25) is 0 Å². The lowest BCUT2D eigenvalue weighted by atomic mass is 10.1. The van der Waals surface area contributed by atoms with Crippen LogP contribution in [0.1, 0.15) is 18.2 Å². The monoisotopic (exact) mass is 235 g/mol. The highest BCUT2D eigenvalue weighted by atomic mass is 16.5. The fourth-order valence-electron chi connectivity index (χ4n) is 1.62. The Morgan fingerprint density at radius 1 is 1.53 bits per heavy atom. The van der Waals surface area contributed by atoms with E-state index in [1.807, 2.05) is 0 Å². The molecular weight excluding hydrogens is 222 g/mol. The smallest absolute Gasteiger partial charge is 0.312 e. The van der Waals surface area contributed by atoms with E-state index in [4.69, 9.17) is 9.26 Å². The molecule has 1 heterocycles. The molecule has 0 bridgehead atoms. The Hall–Kier alpha value is -2.04. The van der Waals surface area contributed by atoms with Gasteiger partial charge in [-0.15, -0.1) is 0 Å². The van der Waals surface area contributed by atoms with Gasteiger partial charge in [0.05, 0.1) is 13.0 Å². The van der Waals surface area contributed by atoms with E-state index in [0.717, 1.165) is 0 Å². The molecule has 0 aliphatic rings. The summed E-state index contributed by atoms with van der Waals surface area (Å²) in [7, 11) is 0. The minimum atomic E-state index is -0.359. The van der Waals surface area contributed by atoms with Gasteiger partial charge in [-0.25, -0.2) is 0 Å². The number of phenolic OH excluding ortho intramolecular Hbond substituents is 1. The molecule has 0 amide bonds. The van der Waals surface area contributed by atoms with E-state index in [1.165, 1.54) is 0 Å². The van der Waals surface area contributed by atoms with Gasteiger partial charge in [0, 0.05) is 5.39 Å². The summed E-state index contributed by atoms with van der Waals surface area (Å²) in [5.74, 6) is -0.298. The number of ether oxygens (including phenoxy) is 1. The van der Waals surface area contributed by atoms with Crippen LogP contribution in [0.3, 0.4) is 0 Å². The summed E-state index contributed by atoms with van der Waals surface area (Å²) in [5.41, 5.74) is 1.49. The van der Waals surface area contributed by atoms with E-state index >= 15 is 0 Å². The Labute approximate surface area is 98.0 Å². The minimum Gasteiger partial charge on any atom is -0.504 e. The van der Waals surface area contributed by atoms with Gasteiger partial charge in [0.15, 0.2) is 5.75 Å². The van der Waals surface area contributed by atoms with Crippen LogP contribution in [0.15, 0.2) is 16.7 Å². The molecule has 5 nitrogen and oxygen atoms in total. The van der Waals surface area contributed by atoms with E-state index in [0.29, 0.717) is 28.8 Å². The number of carbonyl (C=O) groups excluding carboxylic acids is 1. The zero-order valence-electron chi connectivity index (χ0n) is 9.69. The molecule has 0 saturated heterocycles. The molecule has 0 aliphatic heterocycles. The summed E-state index contributed by atoms with van der Waals surface area (Å²) in [6.45, 7) is 3.84. The molecule has 0 aliphatic carbocycles. The molecule has 17 heavy (non-hydrogen) atoms. The first-order chi connectivity index (χ1) is 8.13. The lowest BCUT2D eigenvalue weighted by Gasteiger charge is -1.99.